The Hall–Kier alpha value is -0.680. The van der Waals surface area contributed by atoms with Crippen LogP contribution >= 0.6 is 23.2 Å². The summed E-state index contributed by atoms with van der Waals surface area (Å²) in [4.78, 5) is 2.12. The maximum absolute atomic E-state index is 6.28. The molecule has 4 nitrogen and oxygen atoms in total. The van der Waals surface area contributed by atoms with Gasteiger partial charge in [0.25, 0.3) is 0 Å². The molecular formula is C13H16Cl2N2O2. The summed E-state index contributed by atoms with van der Waals surface area (Å²) in [6.45, 7) is 2.84. The molecule has 2 N–H and O–H groups in total. The Morgan fingerprint density at radius 1 is 1.16 bits per heavy atom. The lowest BCUT2D eigenvalue weighted by Crippen LogP contribution is -2.49. The van der Waals surface area contributed by atoms with Gasteiger partial charge in [0.1, 0.15) is 0 Å². The largest absolute Gasteiger partial charge is 0.399 e. The van der Waals surface area contributed by atoms with Crippen LogP contribution in [0, 0.1) is 0 Å². The van der Waals surface area contributed by atoms with E-state index in [1.807, 2.05) is 0 Å². The normalized spacial score (nSPS) is 22.1. The number of benzene rings is 1. The lowest BCUT2D eigenvalue weighted by atomic mass is 10.0. The fourth-order valence-corrected chi connectivity index (χ4v) is 3.54. The van der Waals surface area contributed by atoms with Gasteiger partial charge in [-0.15, -0.1) is 0 Å². The second-order valence-corrected chi connectivity index (χ2v) is 5.78. The summed E-state index contributed by atoms with van der Waals surface area (Å²) in [5, 5.41) is 1.14. The Labute approximate surface area is 122 Å². The van der Waals surface area contributed by atoms with Crippen molar-refractivity contribution in [2.45, 2.75) is 18.6 Å². The molecule has 0 radical (unpaired) electrons. The van der Waals surface area contributed by atoms with Crippen molar-refractivity contribution in [2.75, 3.05) is 36.9 Å². The monoisotopic (exact) mass is 302 g/mol. The van der Waals surface area contributed by atoms with Crippen molar-refractivity contribution in [3.05, 3.63) is 22.2 Å². The third-order valence-electron chi connectivity index (χ3n) is 3.59. The van der Waals surface area contributed by atoms with E-state index in [9.17, 15) is 0 Å². The first-order chi connectivity index (χ1) is 9.10. The lowest BCUT2D eigenvalue weighted by Gasteiger charge is -2.40. The van der Waals surface area contributed by atoms with Gasteiger partial charge in [0.15, 0.2) is 5.79 Å². The van der Waals surface area contributed by atoms with Gasteiger partial charge in [-0.05, 0) is 18.6 Å². The molecule has 2 saturated heterocycles. The van der Waals surface area contributed by atoms with Crippen LogP contribution < -0.4 is 10.6 Å². The highest BCUT2D eigenvalue weighted by Gasteiger charge is 2.41. The van der Waals surface area contributed by atoms with Gasteiger partial charge in [0.05, 0.1) is 35.5 Å². The zero-order valence-electron chi connectivity index (χ0n) is 10.5. The van der Waals surface area contributed by atoms with E-state index in [1.165, 1.54) is 0 Å². The number of nitrogens with two attached hydrogens (primary N) is 1. The quantitative estimate of drug-likeness (QED) is 0.810. The van der Waals surface area contributed by atoms with E-state index >= 15 is 0 Å². The maximum Gasteiger partial charge on any atom is 0.186 e. The summed E-state index contributed by atoms with van der Waals surface area (Å²) in [7, 11) is 0. The van der Waals surface area contributed by atoms with Crippen LogP contribution in [-0.4, -0.2) is 32.1 Å². The van der Waals surface area contributed by atoms with E-state index in [4.69, 9.17) is 38.4 Å². The van der Waals surface area contributed by atoms with Gasteiger partial charge in [-0.2, -0.15) is 0 Å². The first-order valence-electron chi connectivity index (χ1n) is 6.37. The predicted molar refractivity (Wildman–Crippen MR) is 77.0 cm³/mol. The summed E-state index contributed by atoms with van der Waals surface area (Å²) < 4.78 is 11.5. The molecule has 6 heteroatoms. The van der Waals surface area contributed by atoms with E-state index in [2.05, 4.69) is 4.90 Å². The van der Waals surface area contributed by atoms with Crippen molar-refractivity contribution >= 4 is 34.6 Å². The number of rotatable bonds is 1. The molecule has 1 spiro atoms. The van der Waals surface area contributed by atoms with Crippen LogP contribution in [0.2, 0.25) is 10.0 Å². The molecule has 0 aliphatic carbocycles. The first kappa shape index (κ1) is 13.3. The summed E-state index contributed by atoms with van der Waals surface area (Å²) in [5.74, 6) is -0.494. The number of hydrogen-bond acceptors (Lipinski definition) is 4. The summed E-state index contributed by atoms with van der Waals surface area (Å²) in [6.07, 6.45) is 1.89. The van der Waals surface area contributed by atoms with Gasteiger partial charge >= 0.3 is 0 Å². The Morgan fingerprint density at radius 3 is 2.42 bits per heavy atom. The van der Waals surface area contributed by atoms with Crippen LogP contribution in [-0.2, 0) is 9.47 Å². The third kappa shape index (κ3) is 2.50. The molecule has 2 aliphatic heterocycles. The molecule has 0 bridgehead atoms. The Balaban J connectivity index is 1.90. The smallest absolute Gasteiger partial charge is 0.186 e. The number of ether oxygens (including phenoxy) is 2. The number of nitrogen functional groups attached to an aromatic ring is 1. The molecule has 0 unspecified atom stereocenters. The van der Waals surface area contributed by atoms with Gasteiger partial charge in [-0.3, -0.25) is 0 Å². The number of anilines is 2. The molecule has 2 fully saturated rings. The second kappa shape index (κ2) is 5.02. The van der Waals surface area contributed by atoms with E-state index in [0.717, 1.165) is 25.1 Å². The fraction of sp³-hybridized carbons (Fsp3) is 0.538. The van der Waals surface area contributed by atoms with Gasteiger partial charge in [0.2, 0.25) is 0 Å². The van der Waals surface area contributed by atoms with Crippen molar-refractivity contribution in [1.82, 2.24) is 0 Å². The Kier molecular flexibility index (Phi) is 3.52. The Bertz CT molecular complexity index is 467. The summed E-state index contributed by atoms with van der Waals surface area (Å²) in [6, 6.07) is 3.45. The fourth-order valence-electron chi connectivity index (χ4n) is 2.80. The highest BCUT2D eigenvalue weighted by atomic mass is 35.5. The van der Waals surface area contributed by atoms with Crippen LogP contribution in [0.25, 0.3) is 0 Å². The van der Waals surface area contributed by atoms with E-state index in [0.29, 0.717) is 35.5 Å². The molecule has 0 amide bonds. The molecule has 19 heavy (non-hydrogen) atoms. The molecule has 104 valence electrons. The van der Waals surface area contributed by atoms with E-state index in [1.54, 1.807) is 12.1 Å². The minimum Gasteiger partial charge on any atom is -0.399 e. The van der Waals surface area contributed by atoms with Gasteiger partial charge < -0.3 is 20.1 Å². The van der Waals surface area contributed by atoms with Crippen LogP contribution in [0.3, 0.4) is 0 Å². The second-order valence-electron chi connectivity index (χ2n) is 4.97. The summed E-state index contributed by atoms with van der Waals surface area (Å²) in [5.41, 5.74) is 7.12. The zero-order valence-corrected chi connectivity index (χ0v) is 12.0. The molecular weight excluding hydrogens is 287 g/mol. The maximum atomic E-state index is 6.28. The molecule has 2 aliphatic rings. The molecule has 3 rings (SSSR count). The molecule has 1 aromatic rings. The molecule has 1 aromatic carbocycles. The van der Waals surface area contributed by atoms with Crippen molar-refractivity contribution < 1.29 is 9.47 Å². The highest BCUT2D eigenvalue weighted by Crippen LogP contribution is 2.40. The number of piperidine rings is 1. The number of nitrogens with zero attached hydrogens (tertiary/aromatic N) is 1. The topological polar surface area (TPSA) is 47.7 Å². The number of halogens is 2. The summed E-state index contributed by atoms with van der Waals surface area (Å²) >= 11 is 12.6. The molecule has 0 aromatic heterocycles. The number of hydrogen-bond donors (Lipinski definition) is 1. The van der Waals surface area contributed by atoms with Crippen LogP contribution in [0.15, 0.2) is 12.1 Å². The third-order valence-corrected chi connectivity index (χ3v) is 4.16. The average molecular weight is 303 g/mol. The Morgan fingerprint density at radius 2 is 1.79 bits per heavy atom. The lowest BCUT2D eigenvalue weighted by molar-refractivity contribution is -0.161. The molecule has 0 saturated carbocycles. The van der Waals surface area contributed by atoms with Gasteiger partial charge in [0, 0.05) is 18.7 Å². The predicted octanol–water partition coefficient (Wildman–Crippen LogP) is 2.92. The SMILES string of the molecule is Nc1cc(Cl)c(N2CCCC3(C2)OCCO3)c(Cl)c1. The van der Waals surface area contributed by atoms with Crippen LogP contribution in [0.4, 0.5) is 11.4 Å². The van der Waals surface area contributed by atoms with E-state index < -0.39 is 5.79 Å². The van der Waals surface area contributed by atoms with Gasteiger partial charge in [-0.25, -0.2) is 0 Å². The van der Waals surface area contributed by atoms with Crippen molar-refractivity contribution in [1.29, 1.82) is 0 Å². The first-order valence-corrected chi connectivity index (χ1v) is 7.13. The van der Waals surface area contributed by atoms with Crippen molar-refractivity contribution in [3.8, 4) is 0 Å². The standard InChI is InChI=1S/C13H16Cl2N2O2/c14-10-6-9(16)7-11(15)12(10)17-3-1-2-13(8-17)18-4-5-19-13/h6-7H,1-5,8,16H2. The van der Waals surface area contributed by atoms with Crippen molar-refractivity contribution in [3.63, 3.8) is 0 Å². The molecule has 2 heterocycles. The van der Waals surface area contributed by atoms with Crippen molar-refractivity contribution in [2.24, 2.45) is 0 Å². The minimum atomic E-state index is -0.494. The average Bonchev–Trinajstić information content (AvgIpc) is 2.76. The highest BCUT2D eigenvalue weighted by molar-refractivity contribution is 6.39. The minimum absolute atomic E-state index is 0.494. The molecule has 0 atom stereocenters. The van der Waals surface area contributed by atoms with Crippen LogP contribution in [0.5, 0.6) is 0 Å². The van der Waals surface area contributed by atoms with Gasteiger partial charge in [-0.1, -0.05) is 23.2 Å². The zero-order chi connectivity index (χ0) is 13.5. The van der Waals surface area contributed by atoms with Crippen LogP contribution in [0.1, 0.15) is 12.8 Å². The van der Waals surface area contributed by atoms with E-state index in [-0.39, 0.29) is 0 Å².